The summed E-state index contributed by atoms with van der Waals surface area (Å²) >= 11 is 0. The van der Waals surface area contributed by atoms with Crippen LogP contribution >= 0.6 is 0 Å². The molecule has 0 aromatic heterocycles. The van der Waals surface area contributed by atoms with Crippen LogP contribution in [-0.4, -0.2) is 60.0 Å². The zero-order chi connectivity index (χ0) is 14.1. The van der Waals surface area contributed by atoms with Crippen LogP contribution in [0.3, 0.4) is 0 Å². The first-order valence-electron chi connectivity index (χ1n) is 7.09. The molecule has 4 rings (SSSR count). The highest BCUT2D eigenvalue weighted by atomic mass is 16.6. The fourth-order valence-corrected chi connectivity index (χ4v) is 3.12. The molecule has 3 saturated heterocycles. The highest BCUT2D eigenvalue weighted by Crippen LogP contribution is 2.22. The van der Waals surface area contributed by atoms with Crippen LogP contribution in [0, 0.1) is 17.0 Å². The van der Waals surface area contributed by atoms with E-state index in [4.69, 9.17) is 0 Å². The molecule has 0 spiro atoms. The third-order valence-electron chi connectivity index (χ3n) is 4.33. The van der Waals surface area contributed by atoms with E-state index in [2.05, 4.69) is 15.1 Å². The van der Waals surface area contributed by atoms with Crippen molar-refractivity contribution in [1.82, 2.24) is 9.80 Å². The average molecular weight is 276 g/mol. The number of nitro groups is 1. The highest BCUT2D eigenvalue weighted by molar-refractivity contribution is 5.53. The minimum absolute atomic E-state index is 0.183. The van der Waals surface area contributed by atoms with Crippen molar-refractivity contribution in [3.63, 3.8) is 0 Å². The van der Waals surface area contributed by atoms with Crippen molar-refractivity contribution >= 4 is 11.4 Å². The van der Waals surface area contributed by atoms with Gasteiger partial charge in [-0.05, 0) is 19.1 Å². The lowest BCUT2D eigenvalue weighted by atomic mass is 10.1. The van der Waals surface area contributed by atoms with E-state index in [9.17, 15) is 10.1 Å². The number of rotatable bonds is 4. The maximum absolute atomic E-state index is 10.8. The Bertz CT molecular complexity index is 512. The van der Waals surface area contributed by atoms with Crippen molar-refractivity contribution in [3.8, 4) is 0 Å². The van der Waals surface area contributed by atoms with Crippen molar-refractivity contribution in [2.24, 2.45) is 0 Å². The molecule has 3 heterocycles. The Balaban J connectivity index is 1.61. The summed E-state index contributed by atoms with van der Waals surface area (Å²) in [5, 5.41) is 14.2. The topological polar surface area (TPSA) is 61.6 Å². The molecule has 1 unspecified atom stereocenters. The van der Waals surface area contributed by atoms with Gasteiger partial charge in [0.25, 0.3) is 5.69 Å². The highest BCUT2D eigenvalue weighted by Gasteiger charge is 2.31. The molecule has 1 N–H and O–H groups in total. The quantitative estimate of drug-likeness (QED) is 0.664. The van der Waals surface area contributed by atoms with Crippen molar-refractivity contribution < 1.29 is 4.92 Å². The van der Waals surface area contributed by atoms with Gasteiger partial charge in [0.05, 0.1) is 4.92 Å². The molecule has 1 atom stereocenters. The van der Waals surface area contributed by atoms with Gasteiger partial charge in [-0.15, -0.1) is 0 Å². The summed E-state index contributed by atoms with van der Waals surface area (Å²) in [6, 6.07) is 5.78. The number of anilines is 1. The summed E-state index contributed by atoms with van der Waals surface area (Å²) in [6.07, 6.45) is 0. The Morgan fingerprint density at radius 1 is 1.35 bits per heavy atom. The number of fused-ring (bicyclic) bond motifs is 3. The standard InChI is InChI=1S/C14H20N4O2/c1-11-8-12(2-3-14(11)18(19)20)15-9-13-10-16-4-6-17(13)7-5-16/h2-3,8,13,15H,4-7,9-10H2,1H3. The second-order valence-electron chi connectivity index (χ2n) is 5.63. The molecule has 1 aromatic carbocycles. The summed E-state index contributed by atoms with van der Waals surface area (Å²) in [5.41, 5.74) is 1.85. The second kappa shape index (κ2) is 5.38. The summed E-state index contributed by atoms with van der Waals surface area (Å²) in [7, 11) is 0. The number of nitrogens with one attached hydrogen (secondary N) is 1. The van der Waals surface area contributed by atoms with Gasteiger partial charge >= 0.3 is 0 Å². The monoisotopic (exact) mass is 276 g/mol. The first-order chi connectivity index (χ1) is 9.63. The number of aryl methyl sites for hydroxylation is 1. The number of nitro benzene ring substituents is 1. The van der Waals surface area contributed by atoms with Crippen molar-refractivity contribution in [1.29, 1.82) is 0 Å². The first-order valence-corrected chi connectivity index (χ1v) is 7.09. The third kappa shape index (κ3) is 2.62. The molecule has 0 aliphatic carbocycles. The smallest absolute Gasteiger partial charge is 0.272 e. The van der Waals surface area contributed by atoms with Gasteiger partial charge in [-0.25, -0.2) is 0 Å². The number of hydrogen-bond donors (Lipinski definition) is 1. The lowest BCUT2D eigenvalue weighted by Gasteiger charge is -2.47. The third-order valence-corrected chi connectivity index (χ3v) is 4.33. The van der Waals surface area contributed by atoms with Crippen molar-refractivity contribution in [2.45, 2.75) is 13.0 Å². The molecule has 0 radical (unpaired) electrons. The van der Waals surface area contributed by atoms with E-state index in [1.807, 2.05) is 6.07 Å². The lowest BCUT2D eigenvalue weighted by molar-refractivity contribution is -0.385. The predicted molar refractivity (Wildman–Crippen MR) is 78.1 cm³/mol. The van der Waals surface area contributed by atoms with Crippen molar-refractivity contribution in [2.75, 3.05) is 44.6 Å². The van der Waals surface area contributed by atoms with Gasteiger partial charge in [-0.3, -0.25) is 19.9 Å². The molecular weight excluding hydrogens is 256 g/mol. The lowest BCUT2D eigenvalue weighted by Crippen LogP contribution is -2.62. The number of piperazine rings is 3. The van der Waals surface area contributed by atoms with E-state index < -0.39 is 0 Å². The molecule has 2 bridgehead atoms. The average Bonchev–Trinajstić information content (AvgIpc) is 2.46. The fraction of sp³-hybridized carbons (Fsp3) is 0.571. The normalized spacial score (nSPS) is 28.4. The van der Waals surface area contributed by atoms with Gasteiger partial charge in [0, 0.05) is 62.6 Å². The number of benzene rings is 1. The van der Waals surface area contributed by atoms with Gasteiger partial charge in [-0.2, -0.15) is 0 Å². The molecule has 6 heteroatoms. The maximum atomic E-state index is 10.8. The van der Waals surface area contributed by atoms with Crippen LogP contribution in [-0.2, 0) is 0 Å². The number of nitrogens with zero attached hydrogens (tertiary/aromatic N) is 3. The van der Waals surface area contributed by atoms with E-state index >= 15 is 0 Å². The predicted octanol–water partition coefficient (Wildman–Crippen LogP) is 1.31. The second-order valence-corrected chi connectivity index (χ2v) is 5.63. The van der Waals surface area contributed by atoms with Crippen LogP contribution in [0.25, 0.3) is 0 Å². The first kappa shape index (κ1) is 13.3. The van der Waals surface area contributed by atoms with Crippen LogP contribution in [0.5, 0.6) is 0 Å². The summed E-state index contributed by atoms with van der Waals surface area (Å²) < 4.78 is 0. The maximum Gasteiger partial charge on any atom is 0.272 e. The minimum atomic E-state index is -0.335. The van der Waals surface area contributed by atoms with Crippen LogP contribution in [0.2, 0.25) is 0 Å². The number of hydrogen-bond acceptors (Lipinski definition) is 5. The van der Waals surface area contributed by atoms with E-state index in [-0.39, 0.29) is 10.6 Å². The van der Waals surface area contributed by atoms with Gasteiger partial charge in [0.15, 0.2) is 0 Å². The Kier molecular flexibility index (Phi) is 3.58. The van der Waals surface area contributed by atoms with E-state index in [0.29, 0.717) is 11.6 Å². The molecule has 0 amide bonds. The molecule has 0 saturated carbocycles. The van der Waals surface area contributed by atoms with Crippen LogP contribution < -0.4 is 5.32 Å². The van der Waals surface area contributed by atoms with Gasteiger partial charge in [-0.1, -0.05) is 0 Å². The SMILES string of the molecule is Cc1cc(NCC2CN3CCN2CC3)ccc1[N+](=O)[O-]. The summed E-state index contributed by atoms with van der Waals surface area (Å²) in [4.78, 5) is 15.5. The van der Waals surface area contributed by atoms with Crippen LogP contribution in [0.15, 0.2) is 18.2 Å². The Morgan fingerprint density at radius 3 is 2.65 bits per heavy atom. The molecule has 108 valence electrons. The fourth-order valence-electron chi connectivity index (χ4n) is 3.12. The summed E-state index contributed by atoms with van der Waals surface area (Å²) in [6.45, 7) is 8.49. The van der Waals surface area contributed by atoms with Gasteiger partial charge in [0.2, 0.25) is 0 Å². The van der Waals surface area contributed by atoms with E-state index in [0.717, 1.165) is 31.9 Å². The zero-order valence-electron chi connectivity index (χ0n) is 11.7. The van der Waals surface area contributed by atoms with Gasteiger partial charge < -0.3 is 5.32 Å². The molecule has 20 heavy (non-hydrogen) atoms. The van der Waals surface area contributed by atoms with Crippen molar-refractivity contribution in [3.05, 3.63) is 33.9 Å². The van der Waals surface area contributed by atoms with Crippen LogP contribution in [0.1, 0.15) is 5.56 Å². The van der Waals surface area contributed by atoms with Gasteiger partial charge in [0.1, 0.15) is 0 Å². The van der Waals surface area contributed by atoms with Crippen LogP contribution in [0.4, 0.5) is 11.4 Å². The Labute approximate surface area is 118 Å². The molecule has 1 aromatic rings. The molecule has 6 nitrogen and oxygen atoms in total. The Morgan fingerprint density at radius 2 is 2.10 bits per heavy atom. The van der Waals surface area contributed by atoms with E-state index in [1.54, 1.807) is 19.1 Å². The molecular formula is C14H20N4O2. The largest absolute Gasteiger partial charge is 0.383 e. The Hall–Kier alpha value is -1.66. The summed E-state index contributed by atoms with van der Waals surface area (Å²) in [5.74, 6) is 0. The minimum Gasteiger partial charge on any atom is -0.383 e. The molecule has 3 aliphatic rings. The molecule has 3 aliphatic heterocycles. The van der Waals surface area contributed by atoms with E-state index in [1.165, 1.54) is 13.1 Å². The molecule has 3 fully saturated rings. The zero-order valence-corrected chi connectivity index (χ0v) is 11.7.